The van der Waals surface area contributed by atoms with E-state index in [0.717, 1.165) is 10.7 Å². The Balaban J connectivity index is 2.09. The van der Waals surface area contributed by atoms with E-state index in [9.17, 15) is 4.79 Å². The minimum atomic E-state index is -0.367. The third-order valence-corrected chi connectivity index (χ3v) is 3.34. The van der Waals surface area contributed by atoms with Crippen LogP contribution in [0.1, 0.15) is 28.0 Å². The van der Waals surface area contributed by atoms with E-state index in [2.05, 4.69) is 15.3 Å². The van der Waals surface area contributed by atoms with Crippen LogP contribution in [0.2, 0.25) is 0 Å². The fraction of sp³-hybridized carbons (Fsp3) is 0.308. The maximum absolute atomic E-state index is 11.8. The Hall–Kier alpha value is -1.95. The number of hydrogen-bond donors (Lipinski definition) is 1. The van der Waals surface area contributed by atoms with Crippen LogP contribution in [-0.2, 0) is 11.3 Å². The summed E-state index contributed by atoms with van der Waals surface area (Å²) in [5.74, 6) is 0.155. The predicted octanol–water partition coefficient (Wildman–Crippen LogP) is 2.64. The lowest BCUT2D eigenvalue weighted by molar-refractivity contribution is 0.0527. The SMILES string of the molecule is CCOC(=O)c1cccnc1NCc1nc(C)cs1. The number of anilines is 1. The Morgan fingerprint density at radius 1 is 1.53 bits per heavy atom. The van der Waals surface area contributed by atoms with Crippen molar-refractivity contribution in [2.24, 2.45) is 0 Å². The average molecular weight is 277 g/mol. The summed E-state index contributed by atoms with van der Waals surface area (Å²) in [4.78, 5) is 20.3. The van der Waals surface area contributed by atoms with E-state index < -0.39 is 0 Å². The molecule has 0 aliphatic rings. The fourth-order valence-corrected chi connectivity index (χ4v) is 2.27. The Morgan fingerprint density at radius 3 is 3.05 bits per heavy atom. The van der Waals surface area contributed by atoms with Crippen LogP contribution in [0.4, 0.5) is 5.82 Å². The zero-order valence-corrected chi connectivity index (χ0v) is 11.7. The van der Waals surface area contributed by atoms with Crippen LogP contribution >= 0.6 is 11.3 Å². The second-order valence-electron chi connectivity index (χ2n) is 3.86. The lowest BCUT2D eigenvalue weighted by Crippen LogP contribution is -2.11. The summed E-state index contributed by atoms with van der Waals surface area (Å²) in [6, 6.07) is 3.41. The molecule has 0 atom stereocenters. The van der Waals surface area contributed by atoms with Crippen molar-refractivity contribution in [3.63, 3.8) is 0 Å². The van der Waals surface area contributed by atoms with Crippen LogP contribution in [0.25, 0.3) is 0 Å². The highest BCUT2D eigenvalue weighted by Crippen LogP contribution is 2.15. The molecule has 0 spiro atoms. The molecule has 5 nitrogen and oxygen atoms in total. The molecular weight excluding hydrogens is 262 g/mol. The van der Waals surface area contributed by atoms with Gasteiger partial charge in [0.25, 0.3) is 0 Å². The molecule has 0 saturated carbocycles. The summed E-state index contributed by atoms with van der Waals surface area (Å²) in [5, 5.41) is 6.06. The van der Waals surface area contributed by atoms with Gasteiger partial charge in [-0.3, -0.25) is 0 Å². The molecular formula is C13H15N3O2S. The summed E-state index contributed by atoms with van der Waals surface area (Å²) < 4.78 is 4.99. The van der Waals surface area contributed by atoms with Gasteiger partial charge >= 0.3 is 5.97 Å². The first kappa shape index (κ1) is 13.5. The molecule has 2 aromatic rings. The van der Waals surface area contributed by atoms with Crippen LogP contribution < -0.4 is 5.32 Å². The molecule has 0 amide bonds. The molecule has 0 saturated heterocycles. The lowest BCUT2D eigenvalue weighted by Gasteiger charge is -2.08. The van der Waals surface area contributed by atoms with Crippen molar-refractivity contribution in [1.82, 2.24) is 9.97 Å². The van der Waals surface area contributed by atoms with Crippen molar-refractivity contribution in [3.8, 4) is 0 Å². The topological polar surface area (TPSA) is 64.1 Å². The number of thiazole rings is 1. The largest absolute Gasteiger partial charge is 0.462 e. The third kappa shape index (κ3) is 3.51. The number of carbonyl (C=O) groups is 1. The van der Waals surface area contributed by atoms with Gasteiger partial charge in [0.1, 0.15) is 16.4 Å². The van der Waals surface area contributed by atoms with E-state index in [4.69, 9.17) is 4.74 Å². The predicted molar refractivity (Wildman–Crippen MR) is 74.4 cm³/mol. The normalized spacial score (nSPS) is 10.2. The highest BCUT2D eigenvalue weighted by molar-refractivity contribution is 7.09. The summed E-state index contributed by atoms with van der Waals surface area (Å²) in [7, 11) is 0. The molecule has 0 radical (unpaired) electrons. The number of nitrogens with zero attached hydrogens (tertiary/aromatic N) is 2. The molecule has 100 valence electrons. The van der Waals surface area contributed by atoms with Gasteiger partial charge in [0.15, 0.2) is 0 Å². The van der Waals surface area contributed by atoms with E-state index in [1.165, 1.54) is 0 Å². The van der Waals surface area contributed by atoms with Crippen LogP contribution in [0.15, 0.2) is 23.7 Å². The van der Waals surface area contributed by atoms with Gasteiger partial charge in [0.2, 0.25) is 0 Å². The van der Waals surface area contributed by atoms with Gasteiger partial charge in [0, 0.05) is 17.3 Å². The Bertz CT molecular complexity index is 569. The molecule has 1 N–H and O–H groups in total. The van der Waals surface area contributed by atoms with Crippen molar-refractivity contribution < 1.29 is 9.53 Å². The number of nitrogens with one attached hydrogen (secondary N) is 1. The zero-order valence-electron chi connectivity index (χ0n) is 10.8. The van der Waals surface area contributed by atoms with Gasteiger partial charge in [-0.2, -0.15) is 0 Å². The van der Waals surface area contributed by atoms with Gasteiger partial charge < -0.3 is 10.1 Å². The number of pyridine rings is 1. The minimum Gasteiger partial charge on any atom is -0.462 e. The number of aryl methyl sites for hydroxylation is 1. The fourth-order valence-electron chi connectivity index (χ4n) is 1.56. The van der Waals surface area contributed by atoms with E-state index >= 15 is 0 Å². The van der Waals surface area contributed by atoms with Crippen LogP contribution in [0.5, 0.6) is 0 Å². The monoisotopic (exact) mass is 277 g/mol. The summed E-state index contributed by atoms with van der Waals surface area (Å²) in [5.41, 5.74) is 1.44. The van der Waals surface area contributed by atoms with Crippen molar-refractivity contribution in [1.29, 1.82) is 0 Å². The van der Waals surface area contributed by atoms with E-state index in [-0.39, 0.29) is 5.97 Å². The van der Waals surface area contributed by atoms with Gasteiger partial charge in [-0.25, -0.2) is 14.8 Å². The van der Waals surface area contributed by atoms with Crippen molar-refractivity contribution in [3.05, 3.63) is 40.0 Å². The van der Waals surface area contributed by atoms with E-state index in [1.807, 2.05) is 12.3 Å². The molecule has 0 fully saturated rings. The first-order valence-electron chi connectivity index (χ1n) is 5.97. The second-order valence-corrected chi connectivity index (χ2v) is 4.80. The van der Waals surface area contributed by atoms with Gasteiger partial charge in [-0.1, -0.05) is 0 Å². The summed E-state index contributed by atoms with van der Waals surface area (Å²) in [6.45, 7) is 4.62. The Kier molecular flexibility index (Phi) is 4.46. The third-order valence-electron chi connectivity index (χ3n) is 2.38. The molecule has 6 heteroatoms. The maximum atomic E-state index is 11.8. The number of carbonyl (C=O) groups excluding carboxylic acids is 1. The maximum Gasteiger partial charge on any atom is 0.341 e. The molecule has 0 unspecified atom stereocenters. The Labute approximate surface area is 115 Å². The van der Waals surface area contributed by atoms with Crippen molar-refractivity contribution >= 4 is 23.1 Å². The summed E-state index contributed by atoms with van der Waals surface area (Å²) >= 11 is 1.58. The van der Waals surface area contributed by atoms with Crippen LogP contribution in [0.3, 0.4) is 0 Å². The van der Waals surface area contributed by atoms with Crippen molar-refractivity contribution in [2.75, 3.05) is 11.9 Å². The van der Waals surface area contributed by atoms with Gasteiger partial charge in [0.05, 0.1) is 13.2 Å². The van der Waals surface area contributed by atoms with Crippen LogP contribution in [0, 0.1) is 6.92 Å². The molecule has 2 aromatic heterocycles. The van der Waals surface area contributed by atoms with E-state index in [1.54, 1.807) is 36.6 Å². The highest BCUT2D eigenvalue weighted by Gasteiger charge is 2.13. The van der Waals surface area contributed by atoms with E-state index in [0.29, 0.717) is 24.5 Å². The second kappa shape index (κ2) is 6.29. The summed E-state index contributed by atoms with van der Waals surface area (Å²) in [6.07, 6.45) is 1.64. The first-order valence-corrected chi connectivity index (χ1v) is 6.85. The number of aromatic nitrogens is 2. The molecule has 19 heavy (non-hydrogen) atoms. The number of ether oxygens (including phenoxy) is 1. The number of hydrogen-bond acceptors (Lipinski definition) is 6. The van der Waals surface area contributed by atoms with Gasteiger partial charge in [-0.05, 0) is 26.0 Å². The molecule has 0 aromatic carbocycles. The molecule has 2 heterocycles. The van der Waals surface area contributed by atoms with Crippen LogP contribution in [-0.4, -0.2) is 22.5 Å². The van der Waals surface area contributed by atoms with Gasteiger partial charge in [-0.15, -0.1) is 11.3 Å². The smallest absolute Gasteiger partial charge is 0.341 e. The molecule has 0 bridgehead atoms. The minimum absolute atomic E-state index is 0.346. The standard InChI is InChI=1S/C13H15N3O2S/c1-3-18-13(17)10-5-4-6-14-12(10)15-7-11-16-9(2)8-19-11/h4-6,8H,3,7H2,1-2H3,(H,14,15). The molecule has 2 rings (SSSR count). The first-order chi connectivity index (χ1) is 9.20. The number of rotatable bonds is 5. The highest BCUT2D eigenvalue weighted by atomic mass is 32.1. The van der Waals surface area contributed by atoms with Crippen molar-refractivity contribution in [2.45, 2.75) is 20.4 Å². The average Bonchev–Trinajstić information content (AvgIpc) is 2.83. The quantitative estimate of drug-likeness (QED) is 0.851. The Morgan fingerprint density at radius 2 is 2.37 bits per heavy atom. The molecule has 0 aliphatic carbocycles. The lowest BCUT2D eigenvalue weighted by atomic mass is 10.2. The number of esters is 1. The molecule has 0 aliphatic heterocycles. The zero-order chi connectivity index (χ0) is 13.7.